The number of halogens is 3. The number of thioether (sulfide) groups is 1. The Morgan fingerprint density at radius 2 is 2.00 bits per heavy atom. The number of ether oxygens (including phenoxy) is 1. The first-order chi connectivity index (χ1) is 12.7. The van der Waals surface area contributed by atoms with E-state index < -0.39 is 17.3 Å². The molecule has 1 heterocycles. The Bertz CT molecular complexity index is 862. The van der Waals surface area contributed by atoms with Crippen LogP contribution >= 0.6 is 11.8 Å². The van der Waals surface area contributed by atoms with Crippen LogP contribution in [0.3, 0.4) is 0 Å². The largest absolute Gasteiger partial charge is 0.497 e. The number of nitrogens with one attached hydrogen (secondary N) is 1. The van der Waals surface area contributed by atoms with Gasteiger partial charge in [-0.15, -0.1) is 0 Å². The maximum absolute atomic E-state index is 13.1. The number of carbonyl (C=O) groups is 1. The molecule has 1 amide bonds. The average molecular weight is 395 g/mol. The molecule has 0 unspecified atom stereocenters. The number of pyridine rings is 1. The molecule has 0 bridgehead atoms. The Labute approximate surface area is 158 Å². The van der Waals surface area contributed by atoms with Gasteiger partial charge >= 0.3 is 6.18 Å². The number of aryl methyl sites for hydroxylation is 1. The van der Waals surface area contributed by atoms with Crippen molar-refractivity contribution in [3.8, 4) is 11.8 Å². The van der Waals surface area contributed by atoms with Crippen LogP contribution in [-0.4, -0.2) is 23.8 Å². The van der Waals surface area contributed by atoms with Gasteiger partial charge in [-0.25, -0.2) is 4.98 Å². The zero-order chi connectivity index (χ0) is 20.0. The van der Waals surface area contributed by atoms with Crippen molar-refractivity contribution in [2.75, 3.05) is 12.9 Å². The van der Waals surface area contributed by atoms with Gasteiger partial charge in [0.1, 0.15) is 16.8 Å². The van der Waals surface area contributed by atoms with E-state index in [1.54, 1.807) is 37.4 Å². The van der Waals surface area contributed by atoms with Crippen LogP contribution in [0.5, 0.6) is 5.75 Å². The Kier molecular flexibility index (Phi) is 6.69. The number of aromatic nitrogens is 1. The number of nitrogens with zero attached hydrogens (tertiary/aromatic N) is 2. The molecule has 27 heavy (non-hydrogen) atoms. The molecule has 0 atom stereocenters. The summed E-state index contributed by atoms with van der Waals surface area (Å²) < 4.78 is 44.3. The lowest BCUT2D eigenvalue weighted by molar-refractivity contribution is -0.138. The van der Waals surface area contributed by atoms with Gasteiger partial charge in [-0.1, -0.05) is 23.9 Å². The van der Waals surface area contributed by atoms with Crippen LogP contribution in [0.1, 0.15) is 22.4 Å². The molecule has 0 spiro atoms. The van der Waals surface area contributed by atoms with Gasteiger partial charge in [0.25, 0.3) is 0 Å². The summed E-state index contributed by atoms with van der Waals surface area (Å²) in [5, 5.41) is 11.7. The number of hydrogen-bond donors (Lipinski definition) is 1. The van der Waals surface area contributed by atoms with E-state index in [0.29, 0.717) is 5.75 Å². The number of benzene rings is 1. The second-order valence-corrected chi connectivity index (χ2v) is 6.48. The van der Waals surface area contributed by atoms with Crippen LogP contribution in [0, 0.1) is 18.3 Å². The third-order valence-electron chi connectivity index (χ3n) is 3.52. The maximum atomic E-state index is 13.1. The predicted octanol–water partition coefficient (Wildman–Crippen LogP) is 3.70. The minimum absolute atomic E-state index is 0.107. The van der Waals surface area contributed by atoms with Gasteiger partial charge in [-0.3, -0.25) is 4.79 Å². The van der Waals surface area contributed by atoms with Gasteiger partial charge in [0.05, 0.1) is 24.0 Å². The van der Waals surface area contributed by atoms with Gasteiger partial charge in [0.2, 0.25) is 5.91 Å². The number of alkyl halides is 3. The number of rotatable bonds is 6. The van der Waals surface area contributed by atoms with Crippen molar-refractivity contribution in [2.45, 2.75) is 24.7 Å². The summed E-state index contributed by atoms with van der Waals surface area (Å²) >= 11 is 0.800. The monoisotopic (exact) mass is 395 g/mol. The molecule has 9 heteroatoms. The van der Waals surface area contributed by atoms with E-state index in [4.69, 9.17) is 10.00 Å². The molecule has 0 fully saturated rings. The van der Waals surface area contributed by atoms with E-state index in [0.717, 1.165) is 23.4 Å². The quantitative estimate of drug-likeness (QED) is 0.755. The molecule has 0 radical (unpaired) electrons. The molecule has 0 aliphatic carbocycles. The van der Waals surface area contributed by atoms with E-state index in [-0.39, 0.29) is 28.9 Å². The summed E-state index contributed by atoms with van der Waals surface area (Å²) in [6.07, 6.45) is -4.66. The van der Waals surface area contributed by atoms with Crippen molar-refractivity contribution < 1.29 is 22.7 Å². The summed E-state index contributed by atoms with van der Waals surface area (Å²) in [7, 11) is 1.55. The molecule has 1 aromatic carbocycles. The first kappa shape index (κ1) is 20.6. The van der Waals surface area contributed by atoms with Gasteiger partial charge in [-0.2, -0.15) is 18.4 Å². The van der Waals surface area contributed by atoms with Crippen LogP contribution < -0.4 is 10.1 Å². The minimum atomic E-state index is -4.66. The van der Waals surface area contributed by atoms with Crippen molar-refractivity contribution in [3.63, 3.8) is 0 Å². The smallest absolute Gasteiger partial charge is 0.417 e. The Morgan fingerprint density at radius 3 is 2.56 bits per heavy atom. The SMILES string of the molecule is COc1ccc(CNC(=O)CSc2nc(C)cc(C(F)(F)F)c2C#N)cc1. The number of carbonyl (C=O) groups excluding carboxylic acids is 1. The molecule has 0 saturated heterocycles. The van der Waals surface area contributed by atoms with E-state index >= 15 is 0 Å². The molecule has 5 nitrogen and oxygen atoms in total. The lowest BCUT2D eigenvalue weighted by Crippen LogP contribution is -2.24. The highest BCUT2D eigenvalue weighted by Crippen LogP contribution is 2.35. The molecule has 0 saturated carbocycles. The van der Waals surface area contributed by atoms with E-state index in [1.165, 1.54) is 6.92 Å². The third-order valence-corrected chi connectivity index (χ3v) is 4.50. The molecule has 2 aromatic rings. The van der Waals surface area contributed by atoms with Crippen LogP contribution in [0.4, 0.5) is 13.2 Å². The Hall–Kier alpha value is -2.73. The van der Waals surface area contributed by atoms with Crippen molar-refractivity contribution in [1.82, 2.24) is 10.3 Å². The first-order valence-electron chi connectivity index (χ1n) is 7.76. The summed E-state index contributed by atoms with van der Waals surface area (Å²) in [6, 6.07) is 9.46. The summed E-state index contributed by atoms with van der Waals surface area (Å²) in [5.41, 5.74) is -0.637. The number of nitriles is 1. The van der Waals surface area contributed by atoms with Crippen LogP contribution in [-0.2, 0) is 17.5 Å². The first-order valence-corrected chi connectivity index (χ1v) is 8.74. The molecule has 0 aliphatic heterocycles. The van der Waals surface area contributed by atoms with Crippen molar-refractivity contribution in [2.24, 2.45) is 0 Å². The van der Waals surface area contributed by atoms with E-state index in [9.17, 15) is 18.0 Å². The Balaban J connectivity index is 2.02. The van der Waals surface area contributed by atoms with Gasteiger partial charge < -0.3 is 10.1 Å². The zero-order valence-corrected chi connectivity index (χ0v) is 15.4. The average Bonchev–Trinajstić information content (AvgIpc) is 2.63. The van der Waals surface area contributed by atoms with Crippen LogP contribution in [0.15, 0.2) is 35.4 Å². The molecule has 1 N–H and O–H groups in total. The predicted molar refractivity (Wildman–Crippen MR) is 94.3 cm³/mol. The third kappa shape index (κ3) is 5.62. The normalized spacial score (nSPS) is 11.0. The lowest BCUT2D eigenvalue weighted by Gasteiger charge is -2.12. The molecule has 142 valence electrons. The summed E-state index contributed by atoms with van der Waals surface area (Å²) in [6.45, 7) is 1.67. The fourth-order valence-electron chi connectivity index (χ4n) is 2.21. The maximum Gasteiger partial charge on any atom is 0.417 e. The fraction of sp³-hybridized carbons (Fsp3) is 0.278. The van der Waals surface area contributed by atoms with Gasteiger partial charge in [0.15, 0.2) is 0 Å². The number of methoxy groups -OCH3 is 1. The molecular weight excluding hydrogens is 379 g/mol. The highest BCUT2D eigenvalue weighted by atomic mass is 32.2. The minimum Gasteiger partial charge on any atom is -0.497 e. The van der Waals surface area contributed by atoms with Gasteiger partial charge in [-0.05, 0) is 30.7 Å². The summed E-state index contributed by atoms with van der Waals surface area (Å²) in [5.74, 6) is 0.158. The van der Waals surface area contributed by atoms with Crippen molar-refractivity contribution in [3.05, 3.63) is 52.7 Å². The molecule has 2 rings (SSSR count). The Morgan fingerprint density at radius 1 is 1.33 bits per heavy atom. The lowest BCUT2D eigenvalue weighted by atomic mass is 10.1. The fourth-order valence-corrected chi connectivity index (χ4v) is 3.09. The van der Waals surface area contributed by atoms with Crippen LogP contribution in [0.25, 0.3) is 0 Å². The second kappa shape index (κ2) is 8.77. The van der Waals surface area contributed by atoms with E-state index in [2.05, 4.69) is 10.3 Å². The molecule has 1 aromatic heterocycles. The van der Waals surface area contributed by atoms with Crippen molar-refractivity contribution in [1.29, 1.82) is 5.26 Å². The standard InChI is InChI=1S/C18H16F3N3O2S/c1-11-7-15(18(19,20)21)14(8-22)17(24-11)27-10-16(25)23-9-12-3-5-13(26-2)6-4-12/h3-7H,9-10H2,1-2H3,(H,23,25). The zero-order valence-electron chi connectivity index (χ0n) is 14.6. The highest BCUT2D eigenvalue weighted by Gasteiger charge is 2.35. The number of hydrogen-bond acceptors (Lipinski definition) is 5. The number of amides is 1. The van der Waals surface area contributed by atoms with Crippen molar-refractivity contribution >= 4 is 17.7 Å². The highest BCUT2D eigenvalue weighted by molar-refractivity contribution is 8.00. The molecular formula is C18H16F3N3O2S. The van der Waals surface area contributed by atoms with Crippen LogP contribution in [0.2, 0.25) is 0 Å². The summed E-state index contributed by atoms with van der Waals surface area (Å²) in [4.78, 5) is 16.0. The van der Waals surface area contributed by atoms with Gasteiger partial charge in [0, 0.05) is 12.2 Å². The van der Waals surface area contributed by atoms with E-state index in [1.807, 2.05) is 0 Å². The second-order valence-electron chi connectivity index (χ2n) is 5.51. The molecule has 0 aliphatic rings. The topological polar surface area (TPSA) is 75.0 Å².